The lowest BCUT2D eigenvalue weighted by molar-refractivity contribution is 0.485. The molecule has 4 heteroatoms. The van der Waals surface area contributed by atoms with Crippen LogP contribution in [0.5, 0.6) is 0 Å². The zero-order valence-corrected chi connectivity index (χ0v) is 14.1. The molecule has 4 rings (SSSR count). The maximum Gasteiger partial charge on any atom is 0.103 e. The third-order valence-corrected chi connectivity index (χ3v) is 5.21. The van der Waals surface area contributed by atoms with Crippen molar-refractivity contribution in [2.45, 2.75) is 37.5 Å². The Morgan fingerprint density at radius 1 is 0.955 bits per heavy atom. The topological polar surface area (TPSA) is 52.0 Å². The Bertz CT molecular complexity index is 688. The van der Waals surface area contributed by atoms with Crippen LogP contribution in [0.2, 0.25) is 0 Å². The highest BCUT2D eigenvalue weighted by Gasteiger charge is 2.27. The second kappa shape index (κ2) is 6.31. The third kappa shape index (κ3) is 2.99. The summed E-state index contributed by atoms with van der Waals surface area (Å²) in [6.45, 7) is 0. The fourth-order valence-electron chi connectivity index (χ4n) is 3.54. The number of hydrogen-bond donors (Lipinski definition) is 2. The van der Waals surface area contributed by atoms with Gasteiger partial charge in [-0.05, 0) is 54.7 Å². The molecule has 0 aliphatic heterocycles. The summed E-state index contributed by atoms with van der Waals surface area (Å²) in [5, 5.41) is 0. The van der Waals surface area contributed by atoms with Gasteiger partial charge in [-0.3, -0.25) is 0 Å². The summed E-state index contributed by atoms with van der Waals surface area (Å²) >= 11 is 10.3. The SMILES string of the molecule is NC(=S)C1=CCC2CCC(CC=C1)c1cc(C(N)=S)ccc12. The van der Waals surface area contributed by atoms with Gasteiger partial charge in [-0.1, -0.05) is 54.8 Å². The van der Waals surface area contributed by atoms with E-state index in [1.807, 2.05) is 0 Å². The van der Waals surface area contributed by atoms with E-state index in [1.54, 1.807) is 0 Å². The number of nitrogens with two attached hydrogens (primary N) is 2. The monoisotopic (exact) mass is 328 g/mol. The first-order valence-electron chi connectivity index (χ1n) is 7.66. The van der Waals surface area contributed by atoms with Crippen LogP contribution in [0.3, 0.4) is 0 Å². The van der Waals surface area contributed by atoms with Crippen LogP contribution in [-0.4, -0.2) is 9.98 Å². The Kier molecular flexibility index (Phi) is 4.41. The predicted molar refractivity (Wildman–Crippen MR) is 100 cm³/mol. The molecule has 1 aromatic carbocycles. The molecule has 4 N–H and O–H groups in total. The number of fused-ring (bicyclic) bond motifs is 4. The van der Waals surface area contributed by atoms with Crippen molar-refractivity contribution in [3.05, 3.63) is 58.7 Å². The predicted octanol–water partition coefficient (Wildman–Crippen LogP) is 3.84. The van der Waals surface area contributed by atoms with Gasteiger partial charge in [0.1, 0.15) is 9.98 Å². The van der Waals surface area contributed by atoms with E-state index in [4.69, 9.17) is 35.9 Å². The molecular formula is C18H20N2S2. The van der Waals surface area contributed by atoms with Gasteiger partial charge >= 0.3 is 0 Å². The van der Waals surface area contributed by atoms with Gasteiger partial charge in [-0.2, -0.15) is 0 Å². The minimum atomic E-state index is 0.474. The van der Waals surface area contributed by atoms with Crippen LogP contribution in [0.1, 0.15) is 54.2 Å². The fraction of sp³-hybridized carbons (Fsp3) is 0.333. The maximum absolute atomic E-state index is 5.81. The van der Waals surface area contributed by atoms with E-state index in [0.717, 1.165) is 24.0 Å². The summed E-state index contributed by atoms with van der Waals surface area (Å²) in [5.41, 5.74) is 16.4. The van der Waals surface area contributed by atoms with Gasteiger partial charge in [-0.25, -0.2) is 0 Å². The van der Waals surface area contributed by atoms with Crippen molar-refractivity contribution in [2.75, 3.05) is 0 Å². The molecule has 1 aromatic rings. The zero-order valence-electron chi connectivity index (χ0n) is 12.4. The molecule has 2 nitrogen and oxygen atoms in total. The van der Waals surface area contributed by atoms with Crippen LogP contribution in [-0.2, 0) is 0 Å². The zero-order chi connectivity index (χ0) is 15.7. The Balaban J connectivity index is 2.04. The van der Waals surface area contributed by atoms with Crippen LogP contribution < -0.4 is 11.5 Å². The van der Waals surface area contributed by atoms with Crippen LogP contribution in [0.4, 0.5) is 0 Å². The Labute approximate surface area is 142 Å². The summed E-state index contributed by atoms with van der Waals surface area (Å²) in [6.07, 6.45) is 10.8. The molecule has 0 saturated carbocycles. The van der Waals surface area contributed by atoms with E-state index in [-0.39, 0.29) is 0 Å². The van der Waals surface area contributed by atoms with Crippen molar-refractivity contribution in [3.63, 3.8) is 0 Å². The van der Waals surface area contributed by atoms with Crippen LogP contribution in [0, 0.1) is 0 Å². The smallest absolute Gasteiger partial charge is 0.103 e. The summed E-state index contributed by atoms with van der Waals surface area (Å²) in [4.78, 5) is 0.957. The molecule has 3 aliphatic rings. The highest BCUT2D eigenvalue weighted by molar-refractivity contribution is 7.80. The molecule has 0 fully saturated rings. The van der Waals surface area contributed by atoms with Crippen LogP contribution in [0.25, 0.3) is 0 Å². The molecule has 2 atom stereocenters. The average Bonchev–Trinajstić information content (AvgIpc) is 2.52. The molecule has 0 saturated heterocycles. The number of benzene rings is 1. The molecule has 0 spiro atoms. The number of rotatable bonds is 2. The largest absolute Gasteiger partial charge is 0.389 e. The van der Waals surface area contributed by atoms with Gasteiger partial charge in [0, 0.05) is 11.1 Å². The van der Waals surface area contributed by atoms with Crippen molar-refractivity contribution in [1.29, 1.82) is 0 Å². The summed E-state index contributed by atoms with van der Waals surface area (Å²) < 4.78 is 0. The van der Waals surface area contributed by atoms with Gasteiger partial charge in [0.25, 0.3) is 0 Å². The minimum Gasteiger partial charge on any atom is -0.389 e. The lowest BCUT2D eigenvalue weighted by atomic mass is 9.73. The second-order valence-corrected chi connectivity index (χ2v) is 6.96. The van der Waals surface area contributed by atoms with Gasteiger partial charge in [0.2, 0.25) is 0 Å². The van der Waals surface area contributed by atoms with Crippen LogP contribution >= 0.6 is 24.4 Å². The minimum absolute atomic E-state index is 0.474. The highest BCUT2D eigenvalue weighted by atomic mass is 32.1. The third-order valence-electron chi connectivity index (χ3n) is 4.74. The molecule has 114 valence electrons. The van der Waals surface area contributed by atoms with Gasteiger partial charge < -0.3 is 11.5 Å². The highest BCUT2D eigenvalue weighted by Crippen LogP contribution is 2.43. The van der Waals surface area contributed by atoms with Crippen LogP contribution in [0.15, 0.2) is 42.0 Å². The number of thiocarbonyl (C=S) groups is 2. The second-order valence-electron chi connectivity index (χ2n) is 6.08. The van der Waals surface area contributed by atoms with Crippen molar-refractivity contribution in [2.24, 2.45) is 11.5 Å². The molecule has 2 unspecified atom stereocenters. The molecule has 0 radical (unpaired) electrons. The van der Waals surface area contributed by atoms with E-state index in [2.05, 4.69) is 36.4 Å². The first kappa shape index (κ1) is 15.4. The quantitative estimate of drug-likeness (QED) is 0.810. The lowest BCUT2D eigenvalue weighted by Gasteiger charge is -2.32. The average molecular weight is 329 g/mol. The summed E-state index contributed by atoms with van der Waals surface area (Å²) in [7, 11) is 0. The summed E-state index contributed by atoms with van der Waals surface area (Å²) in [5.74, 6) is 1.06. The lowest BCUT2D eigenvalue weighted by Crippen LogP contribution is -2.18. The Hall–Kier alpha value is -1.52. The van der Waals surface area contributed by atoms with Gasteiger partial charge in [0.05, 0.1) is 0 Å². The van der Waals surface area contributed by atoms with Crippen molar-refractivity contribution >= 4 is 34.4 Å². The van der Waals surface area contributed by atoms with E-state index in [0.29, 0.717) is 21.8 Å². The standard InChI is InChI=1S/C18H20N2S2/c19-17(21)13-3-1-2-11-4-5-12(6-7-13)15-9-8-14(18(20)22)10-16(11)15/h1,3,7-12H,2,4-6H2,(H2,19,21)(H2,20,22). The van der Waals surface area contributed by atoms with Crippen molar-refractivity contribution in [1.82, 2.24) is 0 Å². The fourth-order valence-corrected chi connectivity index (χ4v) is 3.81. The number of allylic oxidation sites excluding steroid dienone is 2. The normalized spacial score (nSPS) is 23.5. The molecular weight excluding hydrogens is 308 g/mol. The Morgan fingerprint density at radius 2 is 1.68 bits per heavy atom. The molecule has 0 heterocycles. The first-order valence-corrected chi connectivity index (χ1v) is 8.48. The number of hydrogen-bond acceptors (Lipinski definition) is 2. The maximum atomic E-state index is 5.81. The van der Waals surface area contributed by atoms with Crippen molar-refractivity contribution in [3.8, 4) is 0 Å². The summed E-state index contributed by atoms with van der Waals surface area (Å²) in [6, 6.07) is 6.46. The van der Waals surface area contributed by atoms with Crippen molar-refractivity contribution < 1.29 is 0 Å². The first-order chi connectivity index (χ1) is 10.6. The van der Waals surface area contributed by atoms with Gasteiger partial charge in [-0.15, -0.1) is 0 Å². The van der Waals surface area contributed by atoms with E-state index in [9.17, 15) is 0 Å². The molecule has 0 amide bonds. The molecule has 0 aromatic heterocycles. The molecule has 22 heavy (non-hydrogen) atoms. The Morgan fingerprint density at radius 3 is 2.36 bits per heavy atom. The van der Waals surface area contributed by atoms with E-state index >= 15 is 0 Å². The van der Waals surface area contributed by atoms with E-state index in [1.165, 1.54) is 24.0 Å². The molecule has 3 aliphatic carbocycles. The molecule has 2 bridgehead atoms. The van der Waals surface area contributed by atoms with E-state index < -0.39 is 0 Å². The van der Waals surface area contributed by atoms with Gasteiger partial charge in [0.15, 0.2) is 0 Å².